The summed E-state index contributed by atoms with van der Waals surface area (Å²) >= 11 is 0. The first-order valence-electron chi connectivity index (χ1n) is 13.4. The van der Waals surface area contributed by atoms with E-state index in [-0.39, 0.29) is 18.1 Å². The van der Waals surface area contributed by atoms with Crippen LogP contribution >= 0.6 is 0 Å². The number of ether oxygens (including phenoxy) is 1. The average Bonchev–Trinajstić information content (AvgIpc) is 2.95. The first-order valence-corrected chi connectivity index (χ1v) is 13.4. The number of anilines is 2. The number of carbonyl (C=O) groups is 2. The van der Waals surface area contributed by atoms with Crippen LogP contribution in [0, 0.1) is 0 Å². The SMILES string of the molecule is O=C(CCCc1ccc(-c2ccccc2)c(NC(=O)OC23CCN(CC2)CC3)c1)Nc1ccc(CO)cc1. The molecule has 3 aliphatic rings. The maximum Gasteiger partial charge on any atom is 0.412 e. The Labute approximate surface area is 223 Å². The number of hydrogen-bond acceptors (Lipinski definition) is 5. The highest BCUT2D eigenvalue weighted by atomic mass is 16.6. The van der Waals surface area contributed by atoms with Crippen LogP contribution in [0.5, 0.6) is 0 Å². The van der Waals surface area contributed by atoms with E-state index >= 15 is 0 Å². The molecule has 6 rings (SSSR count). The van der Waals surface area contributed by atoms with Gasteiger partial charge >= 0.3 is 6.09 Å². The molecular formula is C31H35N3O4. The van der Waals surface area contributed by atoms with E-state index in [1.54, 1.807) is 24.3 Å². The number of piperidine rings is 3. The van der Waals surface area contributed by atoms with E-state index in [0.29, 0.717) is 24.9 Å². The number of nitrogens with zero attached hydrogens (tertiary/aromatic N) is 1. The van der Waals surface area contributed by atoms with E-state index in [0.717, 1.165) is 66.8 Å². The van der Waals surface area contributed by atoms with Gasteiger partial charge in [0.1, 0.15) is 5.60 Å². The molecule has 38 heavy (non-hydrogen) atoms. The Morgan fingerprint density at radius 1 is 0.868 bits per heavy atom. The zero-order valence-corrected chi connectivity index (χ0v) is 21.6. The van der Waals surface area contributed by atoms with E-state index in [2.05, 4.69) is 21.6 Å². The Bertz CT molecular complexity index is 1240. The van der Waals surface area contributed by atoms with E-state index in [1.807, 2.05) is 42.5 Å². The highest BCUT2D eigenvalue weighted by molar-refractivity contribution is 5.92. The summed E-state index contributed by atoms with van der Waals surface area (Å²) in [4.78, 5) is 27.9. The molecule has 7 heteroatoms. The monoisotopic (exact) mass is 513 g/mol. The fraction of sp³-hybridized carbons (Fsp3) is 0.355. The second-order valence-electron chi connectivity index (χ2n) is 10.3. The maximum absolute atomic E-state index is 13.1. The fourth-order valence-electron chi connectivity index (χ4n) is 5.37. The van der Waals surface area contributed by atoms with E-state index in [9.17, 15) is 9.59 Å². The zero-order valence-electron chi connectivity index (χ0n) is 21.6. The van der Waals surface area contributed by atoms with Crippen molar-refractivity contribution in [2.45, 2.75) is 50.7 Å². The van der Waals surface area contributed by atoms with Gasteiger partial charge < -0.3 is 20.1 Å². The van der Waals surface area contributed by atoms with Crippen LogP contribution in [0.4, 0.5) is 16.2 Å². The third kappa shape index (κ3) is 6.41. The van der Waals surface area contributed by atoms with Crippen molar-refractivity contribution in [1.29, 1.82) is 0 Å². The lowest BCUT2D eigenvalue weighted by Gasteiger charge is -2.47. The number of fused-ring (bicyclic) bond motifs is 3. The Morgan fingerprint density at radius 2 is 1.55 bits per heavy atom. The predicted molar refractivity (Wildman–Crippen MR) is 149 cm³/mol. The molecule has 3 saturated heterocycles. The molecule has 2 bridgehead atoms. The molecule has 3 aromatic rings. The van der Waals surface area contributed by atoms with Crippen LogP contribution < -0.4 is 10.6 Å². The van der Waals surface area contributed by atoms with Crippen molar-refractivity contribution < 1.29 is 19.4 Å². The zero-order chi connectivity index (χ0) is 26.4. The third-order valence-electron chi connectivity index (χ3n) is 7.66. The van der Waals surface area contributed by atoms with Gasteiger partial charge in [-0.15, -0.1) is 0 Å². The maximum atomic E-state index is 13.1. The Hall–Kier alpha value is -3.68. The molecule has 3 fully saturated rings. The molecule has 3 heterocycles. The Balaban J connectivity index is 1.23. The summed E-state index contributed by atoms with van der Waals surface area (Å²) in [5.74, 6) is -0.0534. The molecular weight excluding hydrogens is 478 g/mol. The van der Waals surface area contributed by atoms with Crippen LogP contribution in [0.15, 0.2) is 72.8 Å². The summed E-state index contributed by atoms with van der Waals surface area (Å²) in [6.45, 7) is 2.93. The molecule has 3 N–H and O–H groups in total. The second kappa shape index (κ2) is 11.8. The number of rotatable bonds is 9. The highest BCUT2D eigenvalue weighted by Gasteiger charge is 2.42. The molecule has 3 aliphatic heterocycles. The average molecular weight is 514 g/mol. The molecule has 7 nitrogen and oxygen atoms in total. The lowest BCUT2D eigenvalue weighted by atomic mass is 9.83. The van der Waals surface area contributed by atoms with Gasteiger partial charge in [0.05, 0.1) is 12.3 Å². The second-order valence-corrected chi connectivity index (χ2v) is 10.3. The topological polar surface area (TPSA) is 90.9 Å². The first-order chi connectivity index (χ1) is 18.5. The quantitative estimate of drug-likeness (QED) is 0.347. The number of nitrogens with one attached hydrogen (secondary N) is 2. The summed E-state index contributed by atoms with van der Waals surface area (Å²) < 4.78 is 6.04. The lowest BCUT2D eigenvalue weighted by Crippen LogP contribution is -2.54. The molecule has 0 spiro atoms. The number of aliphatic hydroxyl groups is 1. The molecule has 0 atom stereocenters. The van der Waals surface area contributed by atoms with Gasteiger partial charge in [0.25, 0.3) is 0 Å². The predicted octanol–water partition coefficient (Wildman–Crippen LogP) is 5.59. The number of benzene rings is 3. The van der Waals surface area contributed by atoms with Gasteiger partial charge in [-0.2, -0.15) is 0 Å². The van der Waals surface area contributed by atoms with Gasteiger partial charge in [0.15, 0.2) is 0 Å². The molecule has 0 unspecified atom stereocenters. The number of carbonyl (C=O) groups excluding carboxylic acids is 2. The molecule has 0 aliphatic carbocycles. The van der Waals surface area contributed by atoms with Gasteiger partial charge in [-0.3, -0.25) is 10.1 Å². The molecule has 3 aromatic carbocycles. The van der Waals surface area contributed by atoms with Crippen LogP contribution in [0.2, 0.25) is 0 Å². The van der Waals surface area contributed by atoms with Crippen LogP contribution in [0.25, 0.3) is 11.1 Å². The van der Waals surface area contributed by atoms with Gasteiger partial charge in [0, 0.05) is 56.6 Å². The standard InChI is InChI=1S/C31H35N3O4/c35-22-24-9-12-26(13-10-24)32-29(36)8-4-5-23-11-14-27(25-6-2-1-3-7-25)28(21-23)33-30(37)38-31-15-18-34(19-16-31)20-17-31/h1-3,6-7,9-14,21,35H,4-5,8,15-20,22H2,(H,32,36)(H,33,37). The number of aryl methyl sites for hydroxylation is 1. The number of hydrogen-bond donors (Lipinski definition) is 3. The van der Waals surface area contributed by atoms with Gasteiger partial charge in [0.2, 0.25) is 5.91 Å². The number of aliphatic hydroxyl groups excluding tert-OH is 1. The minimum Gasteiger partial charge on any atom is -0.443 e. The summed E-state index contributed by atoms with van der Waals surface area (Å²) in [7, 11) is 0. The van der Waals surface area contributed by atoms with Crippen molar-refractivity contribution in [3.8, 4) is 11.1 Å². The van der Waals surface area contributed by atoms with Gasteiger partial charge in [-0.25, -0.2) is 4.79 Å². The van der Waals surface area contributed by atoms with Gasteiger partial charge in [-0.1, -0.05) is 54.6 Å². The smallest absolute Gasteiger partial charge is 0.412 e. The first kappa shape index (κ1) is 25.9. The van der Waals surface area contributed by atoms with E-state index in [1.165, 1.54) is 0 Å². The van der Waals surface area contributed by atoms with E-state index < -0.39 is 6.09 Å². The summed E-state index contributed by atoms with van der Waals surface area (Å²) in [6, 6.07) is 23.2. The summed E-state index contributed by atoms with van der Waals surface area (Å²) in [6.07, 6.45) is 4.02. The molecule has 0 aromatic heterocycles. The number of amides is 2. The van der Waals surface area contributed by atoms with Crippen LogP contribution in [-0.4, -0.2) is 47.2 Å². The van der Waals surface area contributed by atoms with Crippen molar-refractivity contribution in [1.82, 2.24) is 4.90 Å². The highest BCUT2D eigenvalue weighted by Crippen LogP contribution is 2.36. The summed E-state index contributed by atoms with van der Waals surface area (Å²) in [5, 5.41) is 15.1. The van der Waals surface area contributed by atoms with Crippen molar-refractivity contribution in [2.24, 2.45) is 0 Å². The summed E-state index contributed by atoms with van der Waals surface area (Å²) in [5.41, 5.74) is 4.89. The van der Waals surface area contributed by atoms with Crippen molar-refractivity contribution in [3.05, 3.63) is 83.9 Å². The lowest BCUT2D eigenvalue weighted by molar-refractivity contribution is -0.116. The minimum atomic E-state index is -0.402. The van der Waals surface area contributed by atoms with E-state index in [4.69, 9.17) is 9.84 Å². The third-order valence-corrected chi connectivity index (χ3v) is 7.66. The van der Waals surface area contributed by atoms with Crippen molar-refractivity contribution >= 4 is 23.4 Å². The van der Waals surface area contributed by atoms with Crippen LogP contribution in [0.1, 0.15) is 43.2 Å². The largest absolute Gasteiger partial charge is 0.443 e. The van der Waals surface area contributed by atoms with Crippen LogP contribution in [-0.2, 0) is 22.6 Å². The van der Waals surface area contributed by atoms with Gasteiger partial charge in [-0.05, 0) is 47.7 Å². The minimum absolute atomic E-state index is 0.0224. The Morgan fingerprint density at radius 3 is 2.24 bits per heavy atom. The molecule has 0 radical (unpaired) electrons. The Kier molecular flexibility index (Phi) is 8.05. The fourth-order valence-corrected chi connectivity index (χ4v) is 5.37. The molecule has 0 saturated carbocycles. The molecule has 2 amide bonds. The van der Waals surface area contributed by atoms with Crippen molar-refractivity contribution in [2.75, 3.05) is 30.3 Å². The normalized spacial score (nSPS) is 20.1. The van der Waals surface area contributed by atoms with Crippen molar-refractivity contribution in [3.63, 3.8) is 0 Å². The van der Waals surface area contributed by atoms with Crippen LogP contribution in [0.3, 0.4) is 0 Å². The molecule has 198 valence electrons.